The van der Waals surface area contributed by atoms with Crippen LogP contribution in [0.3, 0.4) is 0 Å². The van der Waals surface area contributed by atoms with E-state index in [9.17, 15) is 0 Å². The molecule has 0 saturated carbocycles. The third-order valence-corrected chi connectivity index (χ3v) is 3.76. The Morgan fingerprint density at radius 2 is 1.84 bits per heavy atom. The van der Waals surface area contributed by atoms with Gasteiger partial charge in [-0.2, -0.15) is 0 Å². The van der Waals surface area contributed by atoms with Crippen LogP contribution in [0.15, 0.2) is 58.3 Å². The number of nitrogens with two attached hydrogens (primary N) is 1. The summed E-state index contributed by atoms with van der Waals surface area (Å²) in [6.07, 6.45) is 0.921. The highest BCUT2D eigenvalue weighted by Gasteiger charge is 2.01. The Morgan fingerprint density at radius 1 is 1.11 bits per heavy atom. The molecule has 0 radical (unpaired) electrons. The summed E-state index contributed by atoms with van der Waals surface area (Å²) in [4.78, 5) is 2.40. The first-order valence-corrected chi connectivity index (χ1v) is 7.15. The van der Waals surface area contributed by atoms with Crippen molar-refractivity contribution >= 4 is 11.8 Å². The highest BCUT2D eigenvalue weighted by atomic mass is 32.2. The molecule has 2 aromatic carbocycles. The highest BCUT2D eigenvalue weighted by molar-refractivity contribution is 7.99. The molecule has 2 rings (SSSR count). The van der Waals surface area contributed by atoms with Crippen molar-refractivity contribution in [2.24, 2.45) is 5.73 Å². The van der Waals surface area contributed by atoms with Crippen molar-refractivity contribution in [2.75, 3.05) is 7.11 Å². The molecular formula is C16H19NOS. The monoisotopic (exact) mass is 273 g/mol. The van der Waals surface area contributed by atoms with Gasteiger partial charge in [0.1, 0.15) is 5.75 Å². The summed E-state index contributed by atoms with van der Waals surface area (Å²) in [5, 5.41) is 0. The smallest absolute Gasteiger partial charge is 0.119 e. The molecule has 100 valence electrons. The average Bonchev–Trinajstić information content (AvgIpc) is 2.41. The van der Waals surface area contributed by atoms with E-state index in [2.05, 4.69) is 30.3 Å². The molecule has 2 aromatic rings. The normalized spacial score (nSPS) is 12.2. The first-order valence-electron chi connectivity index (χ1n) is 6.34. The maximum atomic E-state index is 5.80. The molecule has 0 fully saturated rings. The van der Waals surface area contributed by atoms with Crippen LogP contribution in [0.5, 0.6) is 5.75 Å². The number of rotatable bonds is 5. The molecule has 0 bridgehead atoms. The summed E-state index contributed by atoms with van der Waals surface area (Å²) in [6.45, 7) is 2.03. The predicted molar refractivity (Wildman–Crippen MR) is 80.9 cm³/mol. The van der Waals surface area contributed by atoms with Gasteiger partial charge in [-0.25, -0.2) is 0 Å². The minimum Gasteiger partial charge on any atom is -0.497 e. The molecule has 0 heterocycles. The number of hydrogen-bond donors (Lipinski definition) is 1. The van der Waals surface area contributed by atoms with Crippen LogP contribution < -0.4 is 10.5 Å². The topological polar surface area (TPSA) is 35.2 Å². The predicted octanol–water partition coefficient (Wildman–Crippen LogP) is 3.74. The quantitative estimate of drug-likeness (QED) is 0.901. The lowest BCUT2D eigenvalue weighted by atomic mass is 10.1. The first-order chi connectivity index (χ1) is 9.17. The summed E-state index contributed by atoms with van der Waals surface area (Å²) >= 11 is 1.73. The maximum absolute atomic E-state index is 5.80. The van der Waals surface area contributed by atoms with E-state index in [-0.39, 0.29) is 6.04 Å². The molecule has 0 aliphatic rings. The highest BCUT2D eigenvalue weighted by Crippen LogP contribution is 2.30. The van der Waals surface area contributed by atoms with Crippen LogP contribution in [0.2, 0.25) is 0 Å². The standard InChI is InChI=1S/C16H19NOS/c1-12(17)10-13-6-8-15(9-7-13)19-16-5-3-4-14(11-16)18-2/h3-9,11-12H,10,17H2,1-2H3. The van der Waals surface area contributed by atoms with Gasteiger partial charge in [-0.3, -0.25) is 0 Å². The van der Waals surface area contributed by atoms with Gasteiger partial charge >= 0.3 is 0 Å². The number of methoxy groups -OCH3 is 1. The van der Waals surface area contributed by atoms with Crippen LogP contribution in [-0.4, -0.2) is 13.2 Å². The minimum absolute atomic E-state index is 0.205. The van der Waals surface area contributed by atoms with Crippen molar-refractivity contribution in [3.05, 3.63) is 54.1 Å². The lowest BCUT2D eigenvalue weighted by molar-refractivity contribution is 0.413. The fraction of sp³-hybridized carbons (Fsp3) is 0.250. The molecule has 2 N–H and O–H groups in total. The van der Waals surface area contributed by atoms with Gasteiger partial charge in [0.15, 0.2) is 0 Å². The Hall–Kier alpha value is -1.45. The number of ether oxygens (including phenoxy) is 1. The van der Waals surface area contributed by atoms with Crippen LogP contribution in [0.25, 0.3) is 0 Å². The molecule has 0 amide bonds. The van der Waals surface area contributed by atoms with Crippen molar-refractivity contribution in [2.45, 2.75) is 29.2 Å². The second-order valence-electron chi connectivity index (χ2n) is 4.61. The fourth-order valence-electron chi connectivity index (χ4n) is 1.87. The van der Waals surface area contributed by atoms with Crippen molar-refractivity contribution in [3.8, 4) is 5.75 Å². The van der Waals surface area contributed by atoms with Gasteiger partial charge in [0, 0.05) is 15.8 Å². The molecule has 0 aromatic heterocycles. The molecule has 0 saturated heterocycles. The van der Waals surface area contributed by atoms with E-state index in [0.717, 1.165) is 12.2 Å². The fourth-order valence-corrected chi connectivity index (χ4v) is 2.73. The van der Waals surface area contributed by atoms with Gasteiger partial charge in [0.2, 0.25) is 0 Å². The van der Waals surface area contributed by atoms with E-state index in [1.165, 1.54) is 15.4 Å². The van der Waals surface area contributed by atoms with Crippen LogP contribution in [-0.2, 0) is 6.42 Å². The minimum atomic E-state index is 0.205. The lowest BCUT2D eigenvalue weighted by Gasteiger charge is -2.07. The Labute approximate surface area is 119 Å². The van der Waals surface area contributed by atoms with E-state index < -0.39 is 0 Å². The zero-order chi connectivity index (χ0) is 13.7. The van der Waals surface area contributed by atoms with Gasteiger partial charge in [-0.05, 0) is 49.2 Å². The molecule has 3 heteroatoms. The summed E-state index contributed by atoms with van der Waals surface area (Å²) in [7, 11) is 1.69. The summed E-state index contributed by atoms with van der Waals surface area (Å²) in [5.41, 5.74) is 7.08. The Balaban J connectivity index is 2.06. The van der Waals surface area contributed by atoms with Crippen LogP contribution in [0.4, 0.5) is 0 Å². The Bertz CT molecular complexity index is 523. The lowest BCUT2D eigenvalue weighted by Crippen LogP contribution is -2.17. The molecule has 1 atom stereocenters. The van der Waals surface area contributed by atoms with Crippen molar-refractivity contribution in [1.29, 1.82) is 0 Å². The number of hydrogen-bond acceptors (Lipinski definition) is 3. The molecule has 1 unspecified atom stereocenters. The Morgan fingerprint density at radius 3 is 2.47 bits per heavy atom. The molecule has 0 aliphatic carbocycles. The van der Waals surface area contributed by atoms with Gasteiger partial charge in [0.05, 0.1) is 7.11 Å². The maximum Gasteiger partial charge on any atom is 0.119 e. The zero-order valence-corrected chi connectivity index (χ0v) is 12.1. The summed E-state index contributed by atoms with van der Waals surface area (Å²) in [6, 6.07) is 16.9. The van der Waals surface area contributed by atoms with E-state index in [0.29, 0.717) is 0 Å². The molecular weight excluding hydrogens is 254 g/mol. The van der Waals surface area contributed by atoms with E-state index >= 15 is 0 Å². The second kappa shape index (κ2) is 6.64. The van der Waals surface area contributed by atoms with Gasteiger partial charge in [0.25, 0.3) is 0 Å². The van der Waals surface area contributed by atoms with Crippen molar-refractivity contribution in [1.82, 2.24) is 0 Å². The van der Waals surface area contributed by atoms with Gasteiger partial charge in [-0.1, -0.05) is 30.0 Å². The number of benzene rings is 2. The SMILES string of the molecule is COc1cccc(Sc2ccc(CC(C)N)cc2)c1. The largest absolute Gasteiger partial charge is 0.497 e. The van der Waals surface area contributed by atoms with Crippen LogP contribution >= 0.6 is 11.8 Å². The summed E-state index contributed by atoms with van der Waals surface area (Å²) < 4.78 is 5.23. The zero-order valence-electron chi connectivity index (χ0n) is 11.3. The van der Waals surface area contributed by atoms with E-state index in [4.69, 9.17) is 10.5 Å². The molecule has 2 nitrogen and oxygen atoms in total. The second-order valence-corrected chi connectivity index (χ2v) is 5.75. The third-order valence-electron chi connectivity index (χ3n) is 2.76. The molecule has 19 heavy (non-hydrogen) atoms. The van der Waals surface area contributed by atoms with Crippen molar-refractivity contribution in [3.63, 3.8) is 0 Å². The van der Waals surface area contributed by atoms with Crippen LogP contribution in [0, 0.1) is 0 Å². The molecule has 0 spiro atoms. The van der Waals surface area contributed by atoms with Gasteiger partial charge in [-0.15, -0.1) is 0 Å². The van der Waals surface area contributed by atoms with Crippen LogP contribution in [0.1, 0.15) is 12.5 Å². The molecule has 0 aliphatic heterocycles. The van der Waals surface area contributed by atoms with Gasteiger partial charge < -0.3 is 10.5 Å². The van der Waals surface area contributed by atoms with E-state index in [1.54, 1.807) is 18.9 Å². The average molecular weight is 273 g/mol. The Kier molecular flexibility index (Phi) is 4.88. The van der Waals surface area contributed by atoms with E-state index in [1.807, 2.05) is 25.1 Å². The van der Waals surface area contributed by atoms with Crippen molar-refractivity contribution < 1.29 is 4.74 Å². The third kappa shape index (κ3) is 4.30. The first kappa shape index (κ1) is 14.0. The summed E-state index contributed by atoms with van der Waals surface area (Å²) in [5.74, 6) is 0.888.